The Kier molecular flexibility index (Phi) is 16.8. The van der Waals surface area contributed by atoms with Crippen LogP contribution in [0.25, 0.3) is 53.2 Å². The van der Waals surface area contributed by atoms with Crippen molar-refractivity contribution in [3.63, 3.8) is 0 Å². The molecule has 2 N–H and O–H groups in total. The number of phenols is 2. The van der Waals surface area contributed by atoms with Crippen molar-refractivity contribution in [1.82, 2.24) is 29.5 Å². The second kappa shape index (κ2) is 21.2. The number of thiazole rings is 2. The molecule has 333 valence electrons. The second-order valence-electron chi connectivity index (χ2n) is 12.1. The Morgan fingerprint density at radius 3 is 1.16 bits per heavy atom. The molecule has 0 aliphatic carbocycles. The summed E-state index contributed by atoms with van der Waals surface area (Å²) in [6.07, 6.45) is 0. The van der Waals surface area contributed by atoms with Crippen molar-refractivity contribution in [1.29, 1.82) is 0 Å². The smallest absolute Gasteiger partial charge is 0.507 e. The predicted molar refractivity (Wildman–Crippen MR) is 200 cm³/mol. The average molecular weight is 993 g/mol. The molecule has 0 aliphatic rings. The summed E-state index contributed by atoms with van der Waals surface area (Å²) in [6.45, 7) is 3.47. The summed E-state index contributed by atoms with van der Waals surface area (Å²) in [7, 11) is -7.24. The summed E-state index contributed by atoms with van der Waals surface area (Å²) < 4.78 is 83.0. The van der Waals surface area contributed by atoms with E-state index in [0.717, 1.165) is 20.4 Å². The summed E-state index contributed by atoms with van der Waals surface area (Å²) in [5.41, 5.74) is 5.26. The van der Waals surface area contributed by atoms with Gasteiger partial charge in [-0.1, -0.05) is 71.2 Å². The number of carbonyl (C=O) groups excluding carboxylic acids is 2. The molecule has 0 saturated heterocycles. The topological polar surface area (TPSA) is 339 Å². The molecule has 4 aromatic carbocycles. The largest absolute Gasteiger partial charge is 2.00 e. The Morgan fingerprint density at radius 2 is 0.857 bits per heavy atom. The molecule has 8 rings (SSSR count). The van der Waals surface area contributed by atoms with Crippen LogP contribution in [-0.4, -0.2) is 65.9 Å². The van der Waals surface area contributed by atoms with Crippen molar-refractivity contribution < 1.29 is 104 Å². The molecule has 0 aliphatic heterocycles. The van der Waals surface area contributed by atoms with Crippen LogP contribution >= 0.6 is 22.7 Å². The first-order valence-electron chi connectivity index (χ1n) is 17.1. The number of nitrogens with zero attached hydrogens (tertiary/aromatic N) is 6. The number of halogens is 2. The van der Waals surface area contributed by atoms with Crippen LogP contribution in [0, 0.1) is 34.3 Å². The summed E-state index contributed by atoms with van der Waals surface area (Å²) in [6, 6.07) is 29.2. The van der Waals surface area contributed by atoms with Gasteiger partial charge in [0.15, 0.2) is 0 Å². The van der Waals surface area contributed by atoms with Gasteiger partial charge in [-0.2, -0.15) is 10.2 Å². The quantitative estimate of drug-likeness (QED) is 0.140. The van der Waals surface area contributed by atoms with E-state index < -0.39 is 32.4 Å². The number of esters is 2. The summed E-state index contributed by atoms with van der Waals surface area (Å²) in [5.74, 6) is -0.902. The zero-order chi connectivity index (χ0) is 45.5. The van der Waals surface area contributed by atoms with Crippen molar-refractivity contribution in [3.8, 4) is 44.3 Å². The SMILES string of the molecule is COC(=O)c1c(C)nn(-c2nc3ccccc3s2)c1-c1ccccc1O.COC(=O)c1c(C)nn(-c2nc3ccccc3s2)c1-c1ccccc1O.[Cu+2].[O-][Cl+3]([O-])([O-])[O-].[O-][Cl+3]([O-])([O-])[O-]. The molecule has 4 heterocycles. The van der Waals surface area contributed by atoms with E-state index in [9.17, 15) is 19.8 Å². The molecular weight excluding hydrogens is 963 g/mol. The Bertz CT molecular complexity index is 2590. The van der Waals surface area contributed by atoms with Gasteiger partial charge >= 0.3 is 29.0 Å². The fourth-order valence-electron chi connectivity index (χ4n) is 5.77. The van der Waals surface area contributed by atoms with Crippen molar-refractivity contribution in [2.24, 2.45) is 0 Å². The molecule has 0 unspecified atom stereocenters. The normalized spacial score (nSPS) is 11.0. The van der Waals surface area contributed by atoms with E-state index in [2.05, 4.69) is 20.2 Å². The number of fused-ring (bicyclic) bond motifs is 2. The second-order valence-corrected chi connectivity index (χ2v) is 15.7. The molecule has 4 aromatic heterocycles. The molecule has 0 saturated carbocycles. The molecular formula is C38H30Cl2CuN6O14S2. The number of carbonyl (C=O) groups is 2. The van der Waals surface area contributed by atoms with E-state index in [0.29, 0.717) is 55.3 Å². The maximum atomic E-state index is 12.4. The summed E-state index contributed by atoms with van der Waals surface area (Å²) >= 11 is 2.92. The van der Waals surface area contributed by atoms with Crippen LogP contribution < -0.4 is 37.3 Å². The van der Waals surface area contributed by atoms with E-state index in [1.807, 2.05) is 48.5 Å². The number of hydrogen-bond acceptors (Lipinski definition) is 20. The Hall–Kier alpha value is -5.60. The van der Waals surface area contributed by atoms with Crippen LogP contribution in [0.1, 0.15) is 32.1 Å². The van der Waals surface area contributed by atoms with Gasteiger partial charge in [0.1, 0.15) is 22.6 Å². The average Bonchev–Trinajstić information content (AvgIpc) is 3.99. The van der Waals surface area contributed by atoms with Gasteiger partial charge < -0.3 is 19.7 Å². The third kappa shape index (κ3) is 12.8. The number of aromatic nitrogens is 6. The number of aryl methyl sites for hydroxylation is 2. The number of hydrogen-bond donors (Lipinski definition) is 2. The van der Waals surface area contributed by atoms with Crippen LogP contribution in [0.5, 0.6) is 11.5 Å². The van der Waals surface area contributed by atoms with Crippen LogP contribution in [-0.2, 0) is 26.5 Å². The van der Waals surface area contributed by atoms with E-state index >= 15 is 0 Å². The Morgan fingerprint density at radius 1 is 0.556 bits per heavy atom. The predicted octanol–water partition coefficient (Wildman–Crippen LogP) is -1.62. The molecule has 1 radical (unpaired) electrons. The zero-order valence-electron chi connectivity index (χ0n) is 32.6. The first-order valence-corrected chi connectivity index (χ1v) is 21.2. The molecule has 25 heteroatoms. The van der Waals surface area contributed by atoms with E-state index in [4.69, 9.17) is 46.7 Å². The number of para-hydroxylation sites is 4. The third-order valence-corrected chi connectivity index (χ3v) is 10.2. The number of rotatable bonds is 6. The van der Waals surface area contributed by atoms with Crippen molar-refractivity contribution in [2.45, 2.75) is 13.8 Å². The molecule has 0 amide bonds. The van der Waals surface area contributed by atoms with E-state index in [-0.39, 0.29) is 28.6 Å². The van der Waals surface area contributed by atoms with Gasteiger partial charge in [-0.05, 0) is 62.4 Å². The van der Waals surface area contributed by atoms with Crippen LogP contribution in [0.15, 0.2) is 97.1 Å². The molecule has 8 aromatic rings. The molecule has 63 heavy (non-hydrogen) atoms. The Labute approximate surface area is 378 Å². The molecule has 0 bridgehead atoms. The maximum absolute atomic E-state index is 12.4. The minimum atomic E-state index is -4.94. The van der Waals surface area contributed by atoms with Crippen LogP contribution in [0.4, 0.5) is 0 Å². The van der Waals surface area contributed by atoms with E-state index in [1.54, 1.807) is 71.7 Å². The van der Waals surface area contributed by atoms with Gasteiger partial charge in [0.2, 0.25) is 10.3 Å². The number of phenolic OH excluding ortho intramolecular Hbond substituents is 2. The Balaban J connectivity index is 0.000000225. The van der Waals surface area contributed by atoms with Crippen molar-refractivity contribution >= 4 is 55.0 Å². The molecule has 0 fully saturated rings. The number of aromatic hydroxyl groups is 2. The molecule has 0 spiro atoms. The van der Waals surface area contributed by atoms with Crippen molar-refractivity contribution in [3.05, 3.63) is 120 Å². The van der Waals surface area contributed by atoms with Gasteiger partial charge in [-0.25, -0.2) is 66.2 Å². The van der Waals surface area contributed by atoms with Gasteiger partial charge in [-0.15, -0.1) is 20.5 Å². The number of methoxy groups -OCH3 is 2. The van der Waals surface area contributed by atoms with Gasteiger partial charge in [-0.3, -0.25) is 0 Å². The van der Waals surface area contributed by atoms with E-state index in [1.165, 1.54) is 36.9 Å². The number of ether oxygens (including phenoxy) is 2. The monoisotopic (exact) mass is 991 g/mol. The number of benzene rings is 4. The van der Waals surface area contributed by atoms with Gasteiger partial charge in [0.05, 0.1) is 57.4 Å². The fourth-order valence-corrected chi connectivity index (χ4v) is 7.62. The first-order chi connectivity index (χ1) is 29.2. The van der Waals surface area contributed by atoms with Gasteiger partial charge in [0, 0.05) is 11.1 Å². The molecule has 0 atom stereocenters. The zero-order valence-corrected chi connectivity index (χ0v) is 36.7. The minimum Gasteiger partial charge on any atom is -0.507 e. The minimum absolute atomic E-state index is 0. The molecule has 20 nitrogen and oxygen atoms in total. The summed E-state index contributed by atoms with van der Waals surface area (Å²) in [5, 5.41) is 31.0. The van der Waals surface area contributed by atoms with Crippen molar-refractivity contribution in [2.75, 3.05) is 14.2 Å². The fraction of sp³-hybridized carbons (Fsp3) is 0.105. The van der Waals surface area contributed by atoms with Crippen LogP contribution in [0.2, 0.25) is 0 Å². The standard InChI is InChI=1S/2C19H15N3O3S.2ClHO4.Cu/c2*1-11-16(18(24)25-2)17(12-7-3-5-9-14(12)23)22(21-11)19-20-13-8-4-6-10-15(13)26-19;2*2-1(3,4)5;/h2*3-10,23H,1-2H3;2*(H,2,3,4,5);/q;;;;+2/p-2. The first kappa shape index (κ1) is 50.0. The third-order valence-electron chi connectivity index (χ3n) is 8.15. The van der Waals surface area contributed by atoms with Gasteiger partial charge in [0.25, 0.3) is 0 Å². The maximum Gasteiger partial charge on any atom is 2.00 e. The summed E-state index contributed by atoms with van der Waals surface area (Å²) in [4.78, 5) is 34.0. The van der Waals surface area contributed by atoms with Crippen LogP contribution in [0.3, 0.4) is 0 Å².